The van der Waals surface area contributed by atoms with Gasteiger partial charge in [-0.3, -0.25) is 4.79 Å². The van der Waals surface area contributed by atoms with Crippen LogP contribution >= 0.6 is 0 Å². The number of carbonyl (C=O) groups is 1. The molecule has 0 saturated carbocycles. The number of hydrogen-bond donors (Lipinski definition) is 3. The van der Waals surface area contributed by atoms with Crippen LogP contribution in [0, 0.1) is 5.41 Å². The number of ketones is 1. The van der Waals surface area contributed by atoms with E-state index in [1.165, 1.54) is 0 Å². The van der Waals surface area contributed by atoms with E-state index in [1.54, 1.807) is 6.08 Å². The van der Waals surface area contributed by atoms with Crippen LogP contribution < -0.4 is 17.2 Å². The minimum atomic E-state index is -0.479. The molecule has 0 saturated heterocycles. The van der Waals surface area contributed by atoms with Crippen LogP contribution in [0.15, 0.2) is 11.6 Å². The normalized spacial score (nSPS) is 34.6. The molecular weight excluding hydrogens is 166 g/mol. The summed E-state index contributed by atoms with van der Waals surface area (Å²) in [5.41, 5.74) is 17.5. The highest BCUT2D eigenvalue weighted by Gasteiger charge is 2.38. The molecule has 0 bridgehead atoms. The minimum Gasteiger partial charge on any atom is -0.330 e. The molecule has 1 aliphatic carbocycles. The van der Waals surface area contributed by atoms with E-state index in [1.807, 2.05) is 6.92 Å². The molecule has 0 aromatic rings. The van der Waals surface area contributed by atoms with Gasteiger partial charge in [-0.2, -0.15) is 0 Å². The van der Waals surface area contributed by atoms with Gasteiger partial charge in [-0.15, -0.1) is 0 Å². The first kappa shape index (κ1) is 10.4. The Bertz CT molecular complexity index is 249. The van der Waals surface area contributed by atoms with E-state index < -0.39 is 6.04 Å². The van der Waals surface area contributed by atoms with Crippen molar-refractivity contribution in [3.63, 3.8) is 0 Å². The summed E-state index contributed by atoms with van der Waals surface area (Å²) in [6.45, 7) is 2.75. The van der Waals surface area contributed by atoms with Crippen LogP contribution in [0.25, 0.3) is 0 Å². The Labute approximate surface area is 78.1 Å². The maximum atomic E-state index is 11.4. The minimum absolute atomic E-state index is 0.0559. The third-order valence-electron chi connectivity index (χ3n) is 2.76. The second-order valence-corrected chi connectivity index (χ2v) is 3.92. The first-order chi connectivity index (χ1) is 6.03. The zero-order valence-corrected chi connectivity index (χ0v) is 7.92. The lowest BCUT2D eigenvalue weighted by Crippen LogP contribution is -2.52. The van der Waals surface area contributed by atoms with Crippen LogP contribution in [0.3, 0.4) is 0 Å². The summed E-state index contributed by atoms with van der Waals surface area (Å²) in [6.07, 6.45) is 2.29. The van der Waals surface area contributed by atoms with Crippen LogP contribution in [0.2, 0.25) is 0 Å². The average Bonchev–Trinajstić information content (AvgIpc) is 2.13. The average molecular weight is 183 g/mol. The molecule has 0 fully saturated rings. The molecule has 4 heteroatoms. The zero-order valence-electron chi connectivity index (χ0n) is 7.92. The fourth-order valence-corrected chi connectivity index (χ4v) is 1.64. The lowest BCUT2D eigenvalue weighted by Gasteiger charge is -2.36. The van der Waals surface area contributed by atoms with Crippen molar-refractivity contribution in [2.75, 3.05) is 13.1 Å². The van der Waals surface area contributed by atoms with Crippen LogP contribution in [0.4, 0.5) is 0 Å². The summed E-state index contributed by atoms with van der Waals surface area (Å²) in [5, 5.41) is 0. The SMILES string of the molecule is CC1(CN)CC(CN)=CC(=O)C1N. The number of carbonyl (C=O) groups excluding carboxylic acids is 1. The molecule has 0 spiro atoms. The predicted molar refractivity (Wildman–Crippen MR) is 51.9 cm³/mol. The topological polar surface area (TPSA) is 95.1 Å². The first-order valence-corrected chi connectivity index (χ1v) is 4.42. The van der Waals surface area contributed by atoms with Gasteiger partial charge in [0, 0.05) is 12.0 Å². The molecule has 4 nitrogen and oxygen atoms in total. The van der Waals surface area contributed by atoms with Gasteiger partial charge in [0.1, 0.15) is 0 Å². The molecule has 0 radical (unpaired) electrons. The second kappa shape index (κ2) is 3.57. The second-order valence-electron chi connectivity index (χ2n) is 3.92. The molecule has 1 aliphatic rings. The van der Waals surface area contributed by atoms with Crippen molar-refractivity contribution in [1.29, 1.82) is 0 Å². The molecule has 6 N–H and O–H groups in total. The molecule has 2 unspecified atom stereocenters. The van der Waals surface area contributed by atoms with E-state index in [4.69, 9.17) is 17.2 Å². The Morgan fingerprint density at radius 2 is 2.23 bits per heavy atom. The summed E-state index contributed by atoms with van der Waals surface area (Å²) in [5.74, 6) is -0.0559. The highest BCUT2D eigenvalue weighted by molar-refractivity contribution is 5.96. The molecular formula is C9H17N3O. The van der Waals surface area contributed by atoms with E-state index >= 15 is 0 Å². The molecule has 0 amide bonds. The molecule has 74 valence electrons. The smallest absolute Gasteiger partial charge is 0.172 e. The van der Waals surface area contributed by atoms with Gasteiger partial charge in [0.05, 0.1) is 6.04 Å². The van der Waals surface area contributed by atoms with Crippen LogP contribution in [-0.2, 0) is 4.79 Å². The summed E-state index contributed by atoms with van der Waals surface area (Å²) in [4.78, 5) is 11.4. The van der Waals surface area contributed by atoms with Crippen molar-refractivity contribution in [2.24, 2.45) is 22.6 Å². The first-order valence-electron chi connectivity index (χ1n) is 4.42. The number of nitrogens with two attached hydrogens (primary N) is 3. The fraction of sp³-hybridized carbons (Fsp3) is 0.667. The summed E-state index contributed by atoms with van der Waals surface area (Å²) in [7, 11) is 0. The van der Waals surface area contributed by atoms with Crippen molar-refractivity contribution in [3.8, 4) is 0 Å². The monoisotopic (exact) mass is 183 g/mol. The van der Waals surface area contributed by atoms with Gasteiger partial charge in [-0.25, -0.2) is 0 Å². The van der Waals surface area contributed by atoms with Crippen molar-refractivity contribution >= 4 is 5.78 Å². The highest BCUT2D eigenvalue weighted by atomic mass is 16.1. The predicted octanol–water partition coefficient (Wildman–Crippen LogP) is -0.863. The van der Waals surface area contributed by atoms with Gasteiger partial charge in [0.2, 0.25) is 0 Å². The van der Waals surface area contributed by atoms with Crippen molar-refractivity contribution in [3.05, 3.63) is 11.6 Å². The molecule has 2 atom stereocenters. The molecule has 13 heavy (non-hydrogen) atoms. The van der Waals surface area contributed by atoms with E-state index in [0.29, 0.717) is 13.1 Å². The van der Waals surface area contributed by atoms with E-state index in [9.17, 15) is 4.79 Å². The molecule has 0 aliphatic heterocycles. The standard InChI is InChI=1S/C9H17N3O/c1-9(5-11)3-6(4-10)2-7(13)8(9)12/h2,8H,3-5,10-12H2,1H3. The van der Waals surface area contributed by atoms with Gasteiger partial charge in [0.15, 0.2) is 5.78 Å². The van der Waals surface area contributed by atoms with E-state index in [-0.39, 0.29) is 11.2 Å². The lowest BCUT2D eigenvalue weighted by atomic mass is 9.71. The zero-order chi connectivity index (χ0) is 10.1. The van der Waals surface area contributed by atoms with Gasteiger partial charge in [-0.1, -0.05) is 12.5 Å². The third-order valence-corrected chi connectivity index (χ3v) is 2.76. The lowest BCUT2D eigenvalue weighted by molar-refractivity contribution is -0.118. The van der Waals surface area contributed by atoms with E-state index in [0.717, 1.165) is 12.0 Å². The van der Waals surface area contributed by atoms with Gasteiger partial charge in [0.25, 0.3) is 0 Å². The molecule has 0 aromatic carbocycles. The summed E-state index contributed by atoms with van der Waals surface area (Å²) in [6, 6.07) is -0.479. The molecule has 0 heterocycles. The van der Waals surface area contributed by atoms with Gasteiger partial charge >= 0.3 is 0 Å². The quantitative estimate of drug-likeness (QED) is 0.519. The largest absolute Gasteiger partial charge is 0.330 e. The maximum Gasteiger partial charge on any atom is 0.172 e. The Morgan fingerprint density at radius 1 is 1.62 bits per heavy atom. The third kappa shape index (κ3) is 1.80. The van der Waals surface area contributed by atoms with Gasteiger partial charge < -0.3 is 17.2 Å². The fourth-order valence-electron chi connectivity index (χ4n) is 1.64. The van der Waals surface area contributed by atoms with Crippen LogP contribution in [0.1, 0.15) is 13.3 Å². The Kier molecular flexibility index (Phi) is 2.85. The highest BCUT2D eigenvalue weighted by Crippen LogP contribution is 2.31. The van der Waals surface area contributed by atoms with Gasteiger partial charge in [-0.05, 0) is 19.0 Å². The maximum absolute atomic E-state index is 11.4. The van der Waals surface area contributed by atoms with Crippen LogP contribution in [-0.4, -0.2) is 24.9 Å². The van der Waals surface area contributed by atoms with Crippen molar-refractivity contribution in [2.45, 2.75) is 19.4 Å². The summed E-state index contributed by atoms with van der Waals surface area (Å²) < 4.78 is 0. The molecule has 0 aromatic heterocycles. The summed E-state index contributed by atoms with van der Waals surface area (Å²) >= 11 is 0. The van der Waals surface area contributed by atoms with Crippen molar-refractivity contribution in [1.82, 2.24) is 0 Å². The van der Waals surface area contributed by atoms with Crippen LogP contribution in [0.5, 0.6) is 0 Å². The van der Waals surface area contributed by atoms with E-state index in [2.05, 4.69) is 0 Å². The number of hydrogen-bond acceptors (Lipinski definition) is 4. The van der Waals surface area contributed by atoms with Crippen molar-refractivity contribution < 1.29 is 4.79 Å². The Balaban J connectivity index is 2.94. The molecule has 1 rings (SSSR count). The Hall–Kier alpha value is -0.710. The Morgan fingerprint density at radius 3 is 2.69 bits per heavy atom. The number of rotatable bonds is 2.